The summed E-state index contributed by atoms with van der Waals surface area (Å²) >= 11 is 0. The number of carbonyl (C=O) groups is 4. The first-order chi connectivity index (χ1) is 24.9. The molecule has 0 spiro atoms. The maximum absolute atomic E-state index is 13.5. The fourth-order valence-electron chi connectivity index (χ4n) is 6.96. The number of allylic oxidation sites excluding steroid dienone is 12. The second kappa shape index (κ2) is 19.1. The van der Waals surface area contributed by atoms with Gasteiger partial charge in [0.15, 0.2) is 11.6 Å². The average Bonchev–Trinajstić information content (AvgIpc) is 3.08. The van der Waals surface area contributed by atoms with Gasteiger partial charge in [-0.25, -0.2) is 0 Å². The number of esters is 2. The summed E-state index contributed by atoms with van der Waals surface area (Å²) in [5.74, 6) is -1.40. The van der Waals surface area contributed by atoms with Crippen molar-refractivity contribution in [3.63, 3.8) is 0 Å². The van der Waals surface area contributed by atoms with Gasteiger partial charge < -0.3 is 26.2 Å². The summed E-state index contributed by atoms with van der Waals surface area (Å²) in [6.07, 6.45) is 22.1. The molecule has 0 bridgehead atoms. The number of rotatable bonds is 6. The van der Waals surface area contributed by atoms with E-state index in [1.807, 2.05) is 12.4 Å². The number of hydrogen-bond acceptors (Lipinski definition) is 8. The van der Waals surface area contributed by atoms with E-state index in [0.29, 0.717) is 12.8 Å². The summed E-state index contributed by atoms with van der Waals surface area (Å²) in [6.45, 7) is 25.8. The molecule has 4 atom stereocenters. The number of nitrogens with one attached hydrogen (secondary N) is 2. The molecule has 0 saturated heterocycles. The molecule has 8 nitrogen and oxygen atoms in total. The first-order valence-electron chi connectivity index (χ1n) is 19.5. The van der Waals surface area contributed by atoms with E-state index in [-0.39, 0.29) is 74.0 Å². The molecule has 0 heterocycles. The second-order valence-electron chi connectivity index (χ2n) is 19.1. The monoisotopic (exact) mass is 802 g/mol. The van der Waals surface area contributed by atoms with Crippen LogP contribution in [0.25, 0.3) is 0 Å². The molecule has 1 saturated carbocycles. The Bertz CT molecular complexity index is 1540. The van der Waals surface area contributed by atoms with Gasteiger partial charge >= 0.3 is 11.9 Å². The number of ether oxygens (including phenoxy) is 2. The van der Waals surface area contributed by atoms with Gasteiger partial charge in [0.2, 0.25) is 0 Å². The Balaban J connectivity index is 0.000000586. The first-order valence-corrected chi connectivity index (χ1v) is 19.5. The van der Waals surface area contributed by atoms with Crippen molar-refractivity contribution >= 4 is 23.5 Å². The number of methoxy groups -OCH3 is 2. The summed E-state index contributed by atoms with van der Waals surface area (Å²) < 4.78 is 9.23. The minimum absolute atomic E-state index is 0. The van der Waals surface area contributed by atoms with Crippen LogP contribution in [0.15, 0.2) is 76.2 Å². The Morgan fingerprint density at radius 2 is 1.02 bits per heavy atom. The molecule has 4 rings (SSSR count). The van der Waals surface area contributed by atoms with Gasteiger partial charge in [-0.15, -0.1) is 0 Å². The van der Waals surface area contributed by atoms with Crippen LogP contribution in [0.1, 0.15) is 122 Å². The minimum atomic E-state index is -0.447. The summed E-state index contributed by atoms with van der Waals surface area (Å²) in [7, 11) is 2.63. The van der Waals surface area contributed by atoms with Gasteiger partial charge in [-0.1, -0.05) is 114 Å². The molecule has 9 heteroatoms. The molecule has 1 radical (unpaired) electrons. The van der Waals surface area contributed by atoms with Crippen molar-refractivity contribution in [2.75, 3.05) is 14.2 Å². The molecule has 0 aromatic carbocycles. The summed E-state index contributed by atoms with van der Waals surface area (Å²) in [6, 6.07) is 0.340. The molecule has 0 amide bonds. The van der Waals surface area contributed by atoms with Gasteiger partial charge in [-0.2, -0.15) is 6.42 Å². The van der Waals surface area contributed by atoms with E-state index in [0.717, 1.165) is 48.0 Å². The Hall–Kier alpha value is -3.43. The van der Waals surface area contributed by atoms with Crippen LogP contribution in [-0.2, 0) is 45.4 Å². The molecule has 4 aliphatic carbocycles. The molecule has 0 unspecified atom stereocenters. The van der Waals surface area contributed by atoms with E-state index >= 15 is 0 Å². The summed E-state index contributed by atoms with van der Waals surface area (Å²) in [5.41, 5.74) is 4.95. The molecule has 55 heavy (non-hydrogen) atoms. The number of carbonyl (C=O) groups excluding carboxylic acids is 4. The van der Waals surface area contributed by atoms with Crippen LogP contribution >= 0.6 is 0 Å². The Morgan fingerprint density at radius 3 is 1.36 bits per heavy atom. The van der Waals surface area contributed by atoms with Gasteiger partial charge in [0.25, 0.3) is 0 Å². The predicted octanol–water partition coefficient (Wildman–Crippen LogP) is 9.02. The van der Waals surface area contributed by atoms with E-state index in [9.17, 15) is 19.2 Å². The first kappa shape index (κ1) is 47.7. The molecule has 1 fully saturated rings. The van der Waals surface area contributed by atoms with E-state index in [1.165, 1.54) is 25.4 Å². The maximum atomic E-state index is 13.5. The maximum Gasteiger partial charge on any atom is 0.309 e. The van der Waals surface area contributed by atoms with Crippen molar-refractivity contribution in [2.45, 2.75) is 134 Å². The molecular formula is C46H67CoN2O6-. The van der Waals surface area contributed by atoms with Gasteiger partial charge in [0.05, 0.1) is 20.1 Å². The molecule has 307 valence electrons. The van der Waals surface area contributed by atoms with Crippen molar-refractivity contribution in [1.82, 2.24) is 10.6 Å². The van der Waals surface area contributed by atoms with Crippen molar-refractivity contribution in [3.05, 3.63) is 82.3 Å². The van der Waals surface area contributed by atoms with Crippen molar-refractivity contribution < 1.29 is 45.4 Å². The van der Waals surface area contributed by atoms with Gasteiger partial charge in [-0.05, 0) is 57.8 Å². The zero-order valence-electron chi connectivity index (χ0n) is 35.9. The van der Waals surface area contributed by atoms with Crippen LogP contribution in [0.5, 0.6) is 0 Å². The van der Waals surface area contributed by atoms with Crippen LogP contribution in [-0.4, -0.2) is 49.8 Å². The smallest absolute Gasteiger partial charge is 0.309 e. The van der Waals surface area contributed by atoms with E-state index < -0.39 is 11.8 Å². The normalized spacial score (nSPS) is 25.0. The van der Waals surface area contributed by atoms with E-state index in [4.69, 9.17) is 0 Å². The molecule has 4 aliphatic rings. The third kappa shape index (κ3) is 12.8. The molecule has 0 aromatic rings. The second-order valence-corrected chi connectivity index (χ2v) is 19.1. The average molecular weight is 803 g/mol. The van der Waals surface area contributed by atoms with Crippen molar-refractivity contribution in [1.29, 1.82) is 0 Å². The van der Waals surface area contributed by atoms with Crippen LogP contribution in [0.4, 0.5) is 0 Å². The number of Topliss-reactive ketones (excluding diaryl/α,β-unsaturated/α-hetero) is 2. The third-order valence-electron chi connectivity index (χ3n) is 10.6. The predicted molar refractivity (Wildman–Crippen MR) is 217 cm³/mol. The standard InChI is InChI=1S/C36H54N2O2.C10H13O4.Co/c1-33(2,3)25-17-23(31(39)27(19-25)35(7,8)9)21-37-29-15-13-14-16-30(29)38-22-24-18-26(34(4,5)6)20-28(32(24)40)36(10,11)12;1-13-9(11)7-5-3-4-6-8(7)10(12)14-2;/h17-22,29-30,37-38H,13-16H2,1-12H3;3,7-8H,5-6H2,1-2H3;/q;-1;/b23-21-,24-22-;;/t29-,30-;7-,8-;/m10./s1. The third-order valence-corrected chi connectivity index (χ3v) is 10.6. The molecular weight excluding hydrogens is 735 g/mol. The summed E-state index contributed by atoms with van der Waals surface area (Å²) in [4.78, 5) is 49.6. The number of hydrogen-bond donors (Lipinski definition) is 2. The van der Waals surface area contributed by atoms with Gasteiger partial charge in [0.1, 0.15) is 0 Å². The van der Waals surface area contributed by atoms with Crippen LogP contribution in [0.3, 0.4) is 0 Å². The zero-order valence-corrected chi connectivity index (χ0v) is 36.9. The minimum Gasteiger partial charge on any atom is -0.500 e. The SMILES string of the molecule is CC(C)(C)C1=C/C(=C/N[C@@H]2CCCC[C@H]2N/C=C2/C=C(C(C)(C)C)C=C(C(C)(C)C)C2=O)C(=O)C(C(C)(C)C)=C1.COC(=O)[C@H]1C[C-]=CC[C@@H]1C(=O)OC.[Co]. The van der Waals surface area contributed by atoms with Crippen LogP contribution in [0, 0.1) is 39.6 Å². The Labute approximate surface area is 342 Å². The zero-order chi connectivity index (χ0) is 40.8. The Kier molecular flexibility index (Phi) is 16.6. The summed E-state index contributed by atoms with van der Waals surface area (Å²) in [5, 5.41) is 7.25. The van der Waals surface area contributed by atoms with Gasteiger partial charge in [-0.3, -0.25) is 25.3 Å². The quantitative estimate of drug-likeness (QED) is 0.156. The van der Waals surface area contributed by atoms with E-state index in [1.54, 1.807) is 6.08 Å². The molecule has 2 N–H and O–H groups in total. The van der Waals surface area contributed by atoms with Crippen molar-refractivity contribution in [2.24, 2.45) is 33.5 Å². The fraction of sp³-hybridized carbons (Fsp3) is 0.609. The molecule has 0 aliphatic heterocycles. The molecule has 0 aromatic heterocycles. The van der Waals surface area contributed by atoms with Gasteiger partial charge in [0, 0.05) is 69.5 Å². The van der Waals surface area contributed by atoms with Crippen LogP contribution in [0.2, 0.25) is 0 Å². The van der Waals surface area contributed by atoms with Crippen LogP contribution < -0.4 is 10.6 Å². The topological polar surface area (TPSA) is 111 Å². The van der Waals surface area contributed by atoms with Crippen molar-refractivity contribution in [3.8, 4) is 0 Å². The largest absolute Gasteiger partial charge is 0.500 e. The fourth-order valence-corrected chi connectivity index (χ4v) is 6.96. The Morgan fingerprint density at radius 1 is 0.636 bits per heavy atom. The van der Waals surface area contributed by atoms with E-state index in [2.05, 4.69) is 134 Å². The number of ketones is 2.